The van der Waals surface area contributed by atoms with Gasteiger partial charge in [0.2, 0.25) is 5.91 Å². The minimum atomic E-state index is -1.06. The summed E-state index contributed by atoms with van der Waals surface area (Å²) >= 11 is 0.942. The van der Waals surface area contributed by atoms with Crippen LogP contribution in [0.5, 0.6) is 11.5 Å². The summed E-state index contributed by atoms with van der Waals surface area (Å²) in [5, 5.41) is 10.4. The molecule has 2 aromatic carbocycles. The molecule has 8 nitrogen and oxygen atoms in total. The Balaban J connectivity index is 1.41. The van der Waals surface area contributed by atoms with Crippen molar-refractivity contribution < 1.29 is 23.0 Å². The Bertz CT molecular complexity index is 1170. The smallest absolute Gasteiger partial charge is 0.278 e. The van der Waals surface area contributed by atoms with E-state index in [0.29, 0.717) is 30.3 Å². The van der Waals surface area contributed by atoms with Gasteiger partial charge >= 0.3 is 0 Å². The number of halogens is 2. The summed E-state index contributed by atoms with van der Waals surface area (Å²) in [4.78, 5) is 26.9. The molecule has 0 atom stereocenters. The van der Waals surface area contributed by atoms with Gasteiger partial charge in [-0.05, 0) is 30.3 Å². The minimum absolute atomic E-state index is 0.0996. The molecule has 154 valence electrons. The van der Waals surface area contributed by atoms with Crippen LogP contribution in [0.15, 0.2) is 46.3 Å². The van der Waals surface area contributed by atoms with E-state index in [9.17, 15) is 18.4 Å². The number of fused-ring (bicyclic) bond motifs is 1. The van der Waals surface area contributed by atoms with Gasteiger partial charge in [-0.1, -0.05) is 11.8 Å². The van der Waals surface area contributed by atoms with E-state index in [-0.39, 0.29) is 22.3 Å². The molecule has 1 amide bonds. The van der Waals surface area contributed by atoms with E-state index >= 15 is 0 Å². The zero-order valence-corrected chi connectivity index (χ0v) is 16.1. The van der Waals surface area contributed by atoms with Gasteiger partial charge in [0.05, 0.1) is 5.75 Å². The number of hydrogen-bond donors (Lipinski definition) is 2. The van der Waals surface area contributed by atoms with Crippen molar-refractivity contribution in [3.63, 3.8) is 0 Å². The topological polar surface area (TPSA) is 106 Å². The van der Waals surface area contributed by atoms with E-state index in [0.717, 1.165) is 23.9 Å². The molecule has 11 heteroatoms. The van der Waals surface area contributed by atoms with Crippen LogP contribution < -0.4 is 20.3 Å². The lowest BCUT2D eigenvalue weighted by atomic mass is 10.1. The second kappa shape index (κ2) is 8.49. The first-order chi connectivity index (χ1) is 14.5. The Labute approximate surface area is 172 Å². The molecule has 0 bridgehead atoms. The Hall–Kier alpha value is -3.47. The van der Waals surface area contributed by atoms with E-state index in [4.69, 9.17) is 9.47 Å². The van der Waals surface area contributed by atoms with E-state index < -0.39 is 23.1 Å². The average Bonchev–Trinajstić information content (AvgIpc) is 2.74. The van der Waals surface area contributed by atoms with Crippen LogP contribution in [0.2, 0.25) is 0 Å². The quantitative estimate of drug-likeness (QED) is 0.597. The third-order valence-electron chi connectivity index (χ3n) is 4.04. The van der Waals surface area contributed by atoms with Gasteiger partial charge in [-0.25, -0.2) is 8.78 Å². The highest BCUT2D eigenvalue weighted by Gasteiger charge is 2.16. The maximum absolute atomic E-state index is 13.2. The van der Waals surface area contributed by atoms with Crippen LogP contribution in [0, 0.1) is 11.6 Å². The molecule has 3 aromatic rings. The third-order valence-corrected chi connectivity index (χ3v) is 4.90. The fourth-order valence-corrected chi connectivity index (χ4v) is 3.27. The summed E-state index contributed by atoms with van der Waals surface area (Å²) in [6.07, 6.45) is 0. The molecule has 0 saturated heterocycles. The molecule has 2 heterocycles. The van der Waals surface area contributed by atoms with Crippen molar-refractivity contribution in [2.45, 2.75) is 5.16 Å². The lowest BCUT2D eigenvalue weighted by Crippen LogP contribution is -2.18. The minimum Gasteiger partial charge on any atom is -0.486 e. The zero-order valence-electron chi connectivity index (χ0n) is 15.3. The molecule has 1 aliphatic heterocycles. The number of aromatic nitrogens is 3. The molecule has 1 aromatic heterocycles. The molecule has 0 unspecified atom stereocenters. The van der Waals surface area contributed by atoms with E-state index in [1.165, 1.54) is 6.07 Å². The predicted molar refractivity (Wildman–Crippen MR) is 105 cm³/mol. The predicted octanol–water partition coefficient (Wildman–Crippen LogP) is 2.61. The van der Waals surface area contributed by atoms with Gasteiger partial charge < -0.3 is 14.8 Å². The van der Waals surface area contributed by atoms with Gasteiger partial charge in [-0.15, -0.1) is 10.2 Å². The molecule has 0 spiro atoms. The van der Waals surface area contributed by atoms with Gasteiger partial charge in [0.25, 0.3) is 5.56 Å². The maximum atomic E-state index is 13.2. The number of rotatable bonds is 5. The molecule has 30 heavy (non-hydrogen) atoms. The molecule has 0 saturated carbocycles. The van der Waals surface area contributed by atoms with Crippen molar-refractivity contribution in [2.24, 2.45) is 0 Å². The summed E-state index contributed by atoms with van der Waals surface area (Å²) in [6, 6.07) is 8.05. The monoisotopic (exact) mass is 432 g/mol. The summed E-state index contributed by atoms with van der Waals surface area (Å²) < 4.78 is 37.1. The molecular weight excluding hydrogens is 418 g/mol. The highest BCUT2D eigenvalue weighted by molar-refractivity contribution is 7.99. The van der Waals surface area contributed by atoms with Gasteiger partial charge in [0.1, 0.15) is 13.2 Å². The highest BCUT2D eigenvalue weighted by atomic mass is 32.2. The summed E-state index contributed by atoms with van der Waals surface area (Å²) in [7, 11) is 0. The first-order valence-electron chi connectivity index (χ1n) is 8.74. The Morgan fingerprint density at radius 1 is 1.07 bits per heavy atom. The Morgan fingerprint density at radius 3 is 2.63 bits per heavy atom. The number of carbonyl (C=O) groups is 1. The molecule has 0 aliphatic carbocycles. The molecule has 2 N–H and O–H groups in total. The number of H-pyrrole nitrogens is 1. The number of hydrogen-bond acceptors (Lipinski definition) is 7. The SMILES string of the molecule is O=C(CSc1nnc(-c2ccc3c(c2)OCCO3)c(=O)[nH]1)Nc1ccc(F)c(F)c1. The first-order valence-corrected chi connectivity index (χ1v) is 9.73. The van der Waals surface area contributed by atoms with Crippen LogP contribution in [0.1, 0.15) is 0 Å². The second-order valence-electron chi connectivity index (χ2n) is 6.13. The van der Waals surface area contributed by atoms with Gasteiger partial charge in [0, 0.05) is 17.3 Å². The maximum Gasteiger partial charge on any atom is 0.278 e. The third kappa shape index (κ3) is 4.40. The number of benzene rings is 2. The number of nitrogens with zero attached hydrogens (tertiary/aromatic N) is 2. The zero-order chi connectivity index (χ0) is 21.1. The molecule has 1 aliphatic rings. The van der Waals surface area contributed by atoms with Crippen LogP contribution in [0.25, 0.3) is 11.3 Å². The fourth-order valence-electron chi connectivity index (χ4n) is 2.67. The van der Waals surface area contributed by atoms with Gasteiger partial charge in [-0.2, -0.15) is 0 Å². The number of thioether (sulfide) groups is 1. The number of aromatic amines is 1. The molecule has 0 radical (unpaired) electrons. The van der Waals surface area contributed by atoms with Crippen LogP contribution in [-0.2, 0) is 4.79 Å². The standard InChI is InChI=1S/C19H14F2N4O4S/c20-12-3-2-11(8-13(12)21)22-16(26)9-30-19-23-18(27)17(24-25-19)10-1-4-14-15(7-10)29-6-5-28-14/h1-4,7-8H,5-6,9H2,(H,22,26)(H,23,25,27). The molecule has 4 rings (SSSR count). The molecule has 0 fully saturated rings. The van der Waals surface area contributed by atoms with Gasteiger partial charge in [0.15, 0.2) is 34.0 Å². The van der Waals surface area contributed by atoms with Crippen LogP contribution in [0.4, 0.5) is 14.5 Å². The number of amides is 1. The lowest BCUT2D eigenvalue weighted by molar-refractivity contribution is -0.113. The van der Waals surface area contributed by atoms with Crippen molar-refractivity contribution >= 4 is 23.4 Å². The summed E-state index contributed by atoms with van der Waals surface area (Å²) in [6.45, 7) is 0.878. The number of ether oxygens (including phenoxy) is 2. The van der Waals surface area contributed by atoms with Crippen molar-refractivity contribution in [1.29, 1.82) is 0 Å². The van der Waals surface area contributed by atoms with Crippen molar-refractivity contribution in [1.82, 2.24) is 15.2 Å². The highest BCUT2D eigenvalue weighted by Crippen LogP contribution is 2.33. The van der Waals surface area contributed by atoms with Crippen molar-refractivity contribution in [2.75, 3.05) is 24.3 Å². The molecular formula is C19H14F2N4O4S. The Morgan fingerprint density at radius 2 is 1.87 bits per heavy atom. The lowest BCUT2D eigenvalue weighted by Gasteiger charge is -2.18. The van der Waals surface area contributed by atoms with E-state index in [1.807, 2.05) is 0 Å². The number of nitrogens with one attached hydrogen (secondary N) is 2. The number of carbonyl (C=O) groups excluding carboxylic acids is 1. The van der Waals surface area contributed by atoms with Gasteiger partial charge in [-0.3, -0.25) is 14.6 Å². The number of anilines is 1. The van der Waals surface area contributed by atoms with Crippen LogP contribution in [-0.4, -0.2) is 40.1 Å². The second-order valence-corrected chi connectivity index (χ2v) is 7.10. The summed E-state index contributed by atoms with van der Waals surface area (Å²) in [5.41, 5.74) is 0.251. The van der Waals surface area contributed by atoms with Crippen LogP contribution in [0.3, 0.4) is 0 Å². The van der Waals surface area contributed by atoms with Crippen molar-refractivity contribution in [3.05, 3.63) is 58.4 Å². The normalized spacial score (nSPS) is 12.5. The van der Waals surface area contributed by atoms with Crippen LogP contribution >= 0.6 is 11.8 Å². The Kier molecular flexibility index (Phi) is 5.61. The largest absolute Gasteiger partial charge is 0.486 e. The van der Waals surface area contributed by atoms with E-state index in [2.05, 4.69) is 20.5 Å². The average molecular weight is 432 g/mol. The summed E-state index contributed by atoms with van der Waals surface area (Å²) in [5.74, 6) is -1.56. The fraction of sp³-hybridized carbons (Fsp3) is 0.158. The van der Waals surface area contributed by atoms with E-state index in [1.54, 1.807) is 18.2 Å². The van der Waals surface area contributed by atoms with Crippen molar-refractivity contribution in [3.8, 4) is 22.8 Å². The first kappa shape index (κ1) is 19.8.